The summed E-state index contributed by atoms with van der Waals surface area (Å²) in [6.45, 7) is 0.121. The SMILES string of the molecule is COc1ccc(-c2csc(NC(=O)C3CC(=O)N(c4ccccc4F)C3)n2)c(OC)c1. The molecular formula is C22H20FN3O4S. The zero-order valence-electron chi connectivity index (χ0n) is 16.9. The van der Waals surface area contributed by atoms with E-state index in [4.69, 9.17) is 9.47 Å². The van der Waals surface area contributed by atoms with E-state index in [2.05, 4.69) is 10.3 Å². The minimum absolute atomic E-state index is 0.0186. The number of nitrogens with zero attached hydrogens (tertiary/aromatic N) is 2. The van der Waals surface area contributed by atoms with Crippen LogP contribution in [-0.2, 0) is 9.59 Å². The van der Waals surface area contributed by atoms with Crippen molar-refractivity contribution in [2.45, 2.75) is 6.42 Å². The first-order chi connectivity index (χ1) is 15.0. The number of halogens is 1. The van der Waals surface area contributed by atoms with Crippen LogP contribution in [0, 0.1) is 11.7 Å². The third-order valence-electron chi connectivity index (χ3n) is 5.06. The van der Waals surface area contributed by atoms with Crippen molar-refractivity contribution in [1.29, 1.82) is 0 Å². The Hall–Kier alpha value is -3.46. The highest BCUT2D eigenvalue weighted by Gasteiger charge is 2.36. The van der Waals surface area contributed by atoms with Gasteiger partial charge in [0.25, 0.3) is 0 Å². The van der Waals surface area contributed by atoms with E-state index >= 15 is 0 Å². The minimum atomic E-state index is -0.588. The standard InChI is InChI=1S/C22H20FN3O4S/c1-29-14-7-8-15(19(10-14)30-2)17-12-31-22(24-17)25-21(28)13-9-20(27)26(11-13)18-6-4-3-5-16(18)23/h3-8,10,12-13H,9,11H2,1-2H3,(H,24,25,28). The van der Waals surface area contributed by atoms with E-state index in [1.807, 2.05) is 11.4 Å². The first-order valence-electron chi connectivity index (χ1n) is 9.54. The van der Waals surface area contributed by atoms with E-state index in [0.29, 0.717) is 22.3 Å². The Balaban J connectivity index is 1.46. The molecule has 4 rings (SSSR count). The van der Waals surface area contributed by atoms with Gasteiger partial charge in [-0.2, -0.15) is 0 Å². The molecule has 9 heteroatoms. The van der Waals surface area contributed by atoms with Gasteiger partial charge in [0, 0.05) is 30.0 Å². The largest absolute Gasteiger partial charge is 0.497 e. The molecule has 0 aliphatic carbocycles. The molecular weight excluding hydrogens is 421 g/mol. The average Bonchev–Trinajstić information content (AvgIpc) is 3.40. The van der Waals surface area contributed by atoms with Gasteiger partial charge in [-0.1, -0.05) is 12.1 Å². The van der Waals surface area contributed by atoms with Gasteiger partial charge in [0.1, 0.15) is 17.3 Å². The van der Waals surface area contributed by atoms with Gasteiger partial charge in [-0.05, 0) is 24.3 Å². The van der Waals surface area contributed by atoms with Crippen LogP contribution in [0.1, 0.15) is 6.42 Å². The van der Waals surface area contributed by atoms with Crippen LogP contribution in [0.15, 0.2) is 47.8 Å². The third-order valence-corrected chi connectivity index (χ3v) is 5.82. The molecule has 0 spiro atoms. The summed E-state index contributed by atoms with van der Waals surface area (Å²) in [5.41, 5.74) is 1.60. The molecule has 0 radical (unpaired) electrons. The summed E-state index contributed by atoms with van der Waals surface area (Å²) >= 11 is 1.27. The average molecular weight is 441 g/mol. The Morgan fingerprint density at radius 1 is 1.23 bits per heavy atom. The molecule has 1 aliphatic rings. The summed E-state index contributed by atoms with van der Waals surface area (Å²) in [7, 11) is 3.14. The number of carbonyl (C=O) groups excluding carboxylic acids is 2. The molecule has 2 aromatic carbocycles. The van der Waals surface area contributed by atoms with Crippen LogP contribution < -0.4 is 19.7 Å². The summed E-state index contributed by atoms with van der Waals surface area (Å²) in [5, 5.41) is 4.99. The van der Waals surface area contributed by atoms with Gasteiger partial charge in [0.15, 0.2) is 5.13 Å². The minimum Gasteiger partial charge on any atom is -0.497 e. The fraction of sp³-hybridized carbons (Fsp3) is 0.227. The van der Waals surface area contributed by atoms with Crippen LogP contribution in [0.2, 0.25) is 0 Å². The number of benzene rings is 2. The molecule has 1 aromatic heterocycles. The summed E-state index contributed by atoms with van der Waals surface area (Å²) in [4.78, 5) is 30.9. The second kappa shape index (κ2) is 8.73. The normalized spacial score (nSPS) is 15.8. The first kappa shape index (κ1) is 20.8. The van der Waals surface area contributed by atoms with E-state index in [0.717, 1.165) is 5.56 Å². The lowest BCUT2D eigenvalue weighted by Gasteiger charge is -2.17. The van der Waals surface area contributed by atoms with Crippen molar-refractivity contribution in [2.24, 2.45) is 5.92 Å². The Bertz CT molecular complexity index is 1130. The maximum Gasteiger partial charge on any atom is 0.231 e. The molecule has 3 aromatic rings. The molecule has 0 saturated carbocycles. The van der Waals surface area contributed by atoms with Crippen molar-refractivity contribution < 1.29 is 23.5 Å². The van der Waals surface area contributed by atoms with Crippen LogP contribution in [0.5, 0.6) is 11.5 Å². The number of amides is 2. The van der Waals surface area contributed by atoms with Crippen LogP contribution in [0.3, 0.4) is 0 Å². The summed E-state index contributed by atoms with van der Waals surface area (Å²) in [6, 6.07) is 11.4. The number of ether oxygens (including phenoxy) is 2. The molecule has 160 valence electrons. The second-order valence-electron chi connectivity index (χ2n) is 6.95. The highest BCUT2D eigenvalue weighted by atomic mass is 32.1. The molecule has 1 saturated heterocycles. The predicted molar refractivity (Wildman–Crippen MR) is 116 cm³/mol. The smallest absolute Gasteiger partial charge is 0.231 e. The monoisotopic (exact) mass is 441 g/mol. The number of hydrogen-bond acceptors (Lipinski definition) is 6. The number of para-hydroxylation sites is 1. The molecule has 7 nitrogen and oxygen atoms in total. The van der Waals surface area contributed by atoms with Crippen LogP contribution in [0.25, 0.3) is 11.3 Å². The number of anilines is 2. The number of rotatable bonds is 6. The molecule has 2 heterocycles. The quantitative estimate of drug-likeness (QED) is 0.626. The van der Waals surface area contributed by atoms with Crippen molar-refractivity contribution in [3.63, 3.8) is 0 Å². The maximum atomic E-state index is 14.0. The number of aromatic nitrogens is 1. The summed E-state index contributed by atoms with van der Waals surface area (Å²) < 4.78 is 24.7. The Labute approximate surface area is 182 Å². The Morgan fingerprint density at radius 3 is 2.77 bits per heavy atom. The van der Waals surface area contributed by atoms with Crippen molar-refractivity contribution in [3.05, 3.63) is 53.7 Å². The van der Waals surface area contributed by atoms with Crippen molar-refractivity contribution in [3.8, 4) is 22.8 Å². The predicted octanol–water partition coefficient (Wildman–Crippen LogP) is 3.96. The molecule has 1 unspecified atom stereocenters. The summed E-state index contributed by atoms with van der Waals surface area (Å²) in [5.74, 6) is -0.424. The number of hydrogen-bond donors (Lipinski definition) is 1. The lowest BCUT2D eigenvalue weighted by molar-refractivity contribution is -0.122. The van der Waals surface area contributed by atoms with Gasteiger partial charge in [-0.25, -0.2) is 9.37 Å². The number of methoxy groups -OCH3 is 2. The number of nitrogens with one attached hydrogen (secondary N) is 1. The summed E-state index contributed by atoms with van der Waals surface area (Å²) in [6.07, 6.45) is 0.0186. The number of thiazole rings is 1. The Morgan fingerprint density at radius 2 is 2.03 bits per heavy atom. The van der Waals surface area contributed by atoms with E-state index in [1.165, 1.54) is 28.4 Å². The fourth-order valence-corrected chi connectivity index (χ4v) is 4.17. The molecule has 1 fully saturated rings. The van der Waals surface area contributed by atoms with Crippen LogP contribution in [0.4, 0.5) is 15.2 Å². The van der Waals surface area contributed by atoms with E-state index in [9.17, 15) is 14.0 Å². The highest BCUT2D eigenvalue weighted by Crippen LogP contribution is 2.35. The Kier molecular flexibility index (Phi) is 5.85. The molecule has 1 atom stereocenters. The fourth-order valence-electron chi connectivity index (χ4n) is 3.46. The molecule has 1 N–H and O–H groups in total. The van der Waals surface area contributed by atoms with E-state index < -0.39 is 11.7 Å². The van der Waals surface area contributed by atoms with Gasteiger partial charge in [0.2, 0.25) is 11.8 Å². The molecule has 1 aliphatic heterocycles. The molecule has 0 bridgehead atoms. The molecule has 2 amide bonds. The van der Waals surface area contributed by atoms with Gasteiger partial charge < -0.3 is 19.7 Å². The molecule has 31 heavy (non-hydrogen) atoms. The topological polar surface area (TPSA) is 80.8 Å². The van der Waals surface area contributed by atoms with Crippen molar-refractivity contribution >= 4 is 34.0 Å². The van der Waals surface area contributed by atoms with Crippen LogP contribution in [-0.4, -0.2) is 37.6 Å². The van der Waals surface area contributed by atoms with E-state index in [-0.39, 0.29) is 30.5 Å². The first-order valence-corrected chi connectivity index (χ1v) is 10.4. The van der Waals surface area contributed by atoms with Crippen LogP contribution >= 0.6 is 11.3 Å². The number of carbonyl (C=O) groups is 2. The van der Waals surface area contributed by atoms with E-state index in [1.54, 1.807) is 38.5 Å². The zero-order valence-corrected chi connectivity index (χ0v) is 17.7. The third kappa shape index (κ3) is 4.22. The van der Waals surface area contributed by atoms with Crippen molar-refractivity contribution in [2.75, 3.05) is 31.0 Å². The maximum absolute atomic E-state index is 14.0. The second-order valence-corrected chi connectivity index (χ2v) is 7.81. The van der Waals surface area contributed by atoms with Gasteiger partial charge >= 0.3 is 0 Å². The lowest BCUT2D eigenvalue weighted by atomic mass is 10.1. The zero-order chi connectivity index (χ0) is 22.0. The lowest BCUT2D eigenvalue weighted by Crippen LogP contribution is -2.28. The van der Waals surface area contributed by atoms with Gasteiger partial charge in [-0.3, -0.25) is 9.59 Å². The van der Waals surface area contributed by atoms with Crippen molar-refractivity contribution in [1.82, 2.24) is 4.98 Å². The van der Waals surface area contributed by atoms with Gasteiger partial charge in [0.05, 0.1) is 31.5 Å². The highest BCUT2D eigenvalue weighted by molar-refractivity contribution is 7.14. The van der Waals surface area contributed by atoms with Gasteiger partial charge in [-0.15, -0.1) is 11.3 Å².